The van der Waals surface area contributed by atoms with Gasteiger partial charge in [-0.1, -0.05) is 33.6 Å². The average Bonchev–Trinajstić information content (AvgIpc) is 2.87. The van der Waals surface area contributed by atoms with Crippen molar-refractivity contribution in [1.82, 2.24) is 5.32 Å². The number of hydrogen-bond acceptors (Lipinski definition) is 3. The van der Waals surface area contributed by atoms with Crippen LogP contribution in [0.1, 0.15) is 12.0 Å². The summed E-state index contributed by atoms with van der Waals surface area (Å²) in [6.07, 6.45) is 2.01. The number of hydrogen-bond donors (Lipinski definition) is 1. The molecule has 0 saturated carbocycles. The molecule has 1 fully saturated rings. The van der Waals surface area contributed by atoms with E-state index in [1.54, 1.807) is 7.11 Å². The van der Waals surface area contributed by atoms with Crippen LogP contribution in [0.2, 0.25) is 5.02 Å². The number of halogens is 2. The Kier molecular flexibility index (Phi) is 6.30. The summed E-state index contributed by atoms with van der Waals surface area (Å²) in [5.74, 6) is 0. The lowest BCUT2D eigenvalue weighted by atomic mass is 9.81. The van der Waals surface area contributed by atoms with Crippen molar-refractivity contribution in [3.05, 3.63) is 33.3 Å². The molecule has 1 aliphatic heterocycles. The third kappa shape index (κ3) is 4.43. The van der Waals surface area contributed by atoms with E-state index >= 15 is 0 Å². The highest BCUT2D eigenvalue weighted by molar-refractivity contribution is 9.10. The van der Waals surface area contributed by atoms with Gasteiger partial charge >= 0.3 is 0 Å². The van der Waals surface area contributed by atoms with Gasteiger partial charge in [0.2, 0.25) is 0 Å². The van der Waals surface area contributed by atoms with Gasteiger partial charge in [0.1, 0.15) is 0 Å². The van der Waals surface area contributed by atoms with Gasteiger partial charge in [-0.25, -0.2) is 0 Å². The van der Waals surface area contributed by atoms with E-state index in [9.17, 15) is 0 Å². The lowest BCUT2D eigenvalue weighted by Gasteiger charge is -2.28. The van der Waals surface area contributed by atoms with Gasteiger partial charge in [-0.2, -0.15) is 0 Å². The van der Waals surface area contributed by atoms with Gasteiger partial charge < -0.3 is 14.8 Å². The zero-order chi connectivity index (χ0) is 14.4. The van der Waals surface area contributed by atoms with Gasteiger partial charge in [0.05, 0.1) is 13.2 Å². The Morgan fingerprint density at radius 2 is 2.35 bits per heavy atom. The minimum Gasteiger partial charge on any atom is -0.383 e. The van der Waals surface area contributed by atoms with E-state index < -0.39 is 0 Å². The van der Waals surface area contributed by atoms with Crippen molar-refractivity contribution in [2.75, 3.05) is 40.0 Å². The van der Waals surface area contributed by atoms with Crippen LogP contribution in [-0.4, -0.2) is 40.0 Å². The van der Waals surface area contributed by atoms with E-state index in [0.29, 0.717) is 0 Å². The molecule has 1 aromatic carbocycles. The molecule has 1 saturated heterocycles. The zero-order valence-electron chi connectivity index (χ0n) is 11.8. The maximum Gasteiger partial charge on any atom is 0.0587 e. The summed E-state index contributed by atoms with van der Waals surface area (Å²) in [7, 11) is 1.72. The zero-order valence-corrected chi connectivity index (χ0v) is 14.1. The minimum absolute atomic E-state index is 0.144. The van der Waals surface area contributed by atoms with Crippen LogP contribution in [0.25, 0.3) is 0 Å². The van der Waals surface area contributed by atoms with Crippen LogP contribution in [0.3, 0.4) is 0 Å². The van der Waals surface area contributed by atoms with Crippen molar-refractivity contribution < 1.29 is 9.47 Å². The molecule has 0 aromatic heterocycles. The quantitative estimate of drug-likeness (QED) is 0.755. The Bertz CT molecular complexity index is 436. The van der Waals surface area contributed by atoms with Gasteiger partial charge in [0.15, 0.2) is 0 Å². The highest BCUT2D eigenvalue weighted by Gasteiger charge is 2.35. The number of rotatable bonds is 7. The second kappa shape index (κ2) is 7.76. The van der Waals surface area contributed by atoms with Crippen LogP contribution >= 0.6 is 27.5 Å². The van der Waals surface area contributed by atoms with Crippen molar-refractivity contribution in [3.8, 4) is 0 Å². The van der Waals surface area contributed by atoms with Gasteiger partial charge in [0, 0.05) is 41.7 Å². The molecule has 20 heavy (non-hydrogen) atoms. The fourth-order valence-corrected chi connectivity index (χ4v) is 3.33. The van der Waals surface area contributed by atoms with Crippen LogP contribution in [0.4, 0.5) is 0 Å². The molecule has 1 heterocycles. The predicted octanol–water partition coefficient (Wildman–Crippen LogP) is 3.29. The highest BCUT2D eigenvalue weighted by atomic mass is 79.9. The number of nitrogens with one attached hydrogen (secondary N) is 1. The summed E-state index contributed by atoms with van der Waals surface area (Å²) >= 11 is 9.79. The topological polar surface area (TPSA) is 30.5 Å². The summed E-state index contributed by atoms with van der Waals surface area (Å²) < 4.78 is 11.7. The molecule has 3 nitrogen and oxygen atoms in total. The molecule has 0 amide bonds. The molecule has 2 rings (SSSR count). The number of methoxy groups -OCH3 is 1. The Morgan fingerprint density at radius 3 is 3.00 bits per heavy atom. The van der Waals surface area contributed by atoms with E-state index in [1.165, 1.54) is 5.56 Å². The third-order valence-corrected chi connectivity index (χ3v) is 4.59. The molecular weight excluding hydrogens is 342 g/mol. The molecule has 0 radical (unpaired) electrons. The van der Waals surface area contributed by atoms with Crippen LogP contribution in [0.15, 0.2) is 22.7 Å². The second-order valence-corrected chi connectivity index (χ2v) is 6.71. The van der Waals surface area contributed by atoms with Crippen molar-refractivity contribution in [3.63, 3.8) is 0 Å². The Morgan fingerprint density at radius 1 is 1.50 bits per heavy atom. The summed E-state index contributed by atoms with van der Waals surface area (Å²) in [5, 5.41) is 4.28. The predicted molar refractivity (Wildman–Crippen MR) is 85.5 cm³/mol. The fourth-order valence-electron chi connectivity index (χ4n) is 2.59. The molecule has 112 valence electrons. The fraction of sp³-hybridized carbons (Fsp3) is 0.600. The maximum absolute atomic E-state index is 6.34. The van der Waals surface area contributed by atoms with E-state index in [0.717, 1.165) is 55.2 Å². The van der Waals surface area contributed by atoms with Gasteiger partial charge in [-0.3, -0.25) is 0 Å². The lowest BCUT2D eigenvalue weighted by Crippen LogP contribution is -2.38. The number of benzene rings is 1. The molecule has 1 aliphatic rings. The molecule has 1 aromatic rings. The normalized spacial score (nSPS) is 22.4. The molecular formula is C15H21BrClNO2. The molecule has 1 N–H and O–H groups in total. The SMILES string of the molecule is COCCNCC1(Cc2ccc(Br)cc2Cl)CCOC1. The second-order valence-electron chi connectivity index (χ2n) is 5.38. The van der Waals surface area contributed by atoms with Gasteiger partial charge in [-0.15, -0.1) is 0 Å². The summed E-state index contributed by atoms with van der Waals surface area (Å²) in [6, 6.07) is 6.10. The summed E-state index contributed by atoms with van der Waals surface area (Å²) in [5.41, 5.74) is 1.33. The third-order valence-electron chi connectivity index (χ3n) is 3.75. The number of ether oxygens (including phenoxy) is 2. The van der Waals surface area contributed by atoms with Gasteiger partial charge in [-0.05, 0) is 30.5 Å². The molecule has 1 atom stereocenters. The van der Waals surface area contributed by atoms with Crippen LogP contribution in [0.5, 0.6) is 0 Å². The van der Waals surface area contributed by atoms with Crippen molar-refractivity contribution in [2.45, 2.75) is 12.8 Å². The molecule has 0 bridgehead atoms. The molecule has 0 spiro atoms. The standard InChI is InChI=1S/C15H21BrClNO2/c1-19-7-5-18-10-15(4-6-20-11-15)9-12-2-3-13(16)8-14(12)17/h2-3,8,18H,4-7,9-11H2,1H3. The first-order valence-corrected chi connectivity index (χ1v) is 8.04. The first kappa shape index (κ1) is 16.2. The Labute approximate surface area is 134 Å². The Balaban J connectivity index is 2.01. The minimum atomic E-state index is 0.144. The molecule has 5 heteroatoms. The van der Waals surface area contributed by atoms with E-state index in [2.05, 4.69) is 27.3 Å². The van der Waals surface area contributed by atoms with E-state index in [-0.39, 0.29) is 5.41 Å². The molecule has 1 unspecified atom stereocenters. The first-order chi connectivity index (χ1) is 9.65. The Hall–Kier alpha value is -0.130. The van der Waals surface area contributed by atoms with Gasteiger partial charge in [0.25, 0.3) is 0 Å². The largest absolute Gasteiger partial charge is 0.383 e. The van der Waals surface area contributed by atoms with Crippen molar-refractivity contribution in [1.29, 1.82) is 0 Å². The average molecular weight is 363 g/mol. The smallest absolute Gasteiger partial charge is 0.0587 e. The summed E-state index contributed by atoms with van der Waals surface area (Å²) in [4.78, 5) is 0. The lowest BCUT2D eigenvalue weighted by molar-refractivity contribution is 0.145. The van der Waals surface area contributed by atoms with Crippen LogP contribution in [-0.2, 0) is 15.9 Å². The molecule has 0 aliphatic carbocycles. The van der Waals surface area contributed by atoms with Crippen LogP contribution in [0, 0.1) is 5.41 Å². The van der Waals surface area contributed by atoms with Crippen molar-refractivity contribution >= 4 is 27.5 Å². The summed E-state index contributed by atoms with van der Waals surface area (Å²) in [6.45, 7) is 4.16. The maximum atomic E-state index is 6.34. The van der Waals surface area contributed by atoms with Crippen LogP contribution < -0.4 is 5.32 Å². The van der Waals surface area contributed by atoms with E-state index in [4.69, 9.17) is 21.1 Å². The van der Waals surface area contributed by atoms with E-state index in [1.807, 2.05) is 12.1 Å². The van der Waals surface area contributed by atoms with Crippen molar-refractivity contribution in [2.24, 2.45) is 5.41 Å². The monoisotopic (exact) mass is 361 g/mol. The first-order valence-electron chi connectivity index (χ1n) is 6.87. The highest BCUT2D eigenvalue weighted by Crippen LogP contribution is 2.35.